The van der Waals surface area contributed by atoms with Crippen LogP contribution in [-0.4, -0.2) is 48.9 Å². The Balaban J connectivity index is 0.00000361. The average molecular weight is 306 g/mol. The van der Waals surface area contributed by atoms with E-state index in [9.17, 15) is 9.59 Å². The van der Waals surface area contributed by atoms with Gasteiger partial charge in [0.15, 0.2) is 0 Å². The predicted octanol–water partition coefficient (Wildman–Crippen LogP) is 1.17. The van der Waals surface area contributed by atoms with E-state index in [-0.39, 0.29) is 35.7 Å². The fourth-order valence-corrected chi connectivity index (χ4v) is 2.06. The van der Waals surface area contributed by atoms with E-state index in [2.05, 4.69) is 17.6 Å². The third kappa shape index (κ3) is 6.09. The number of rotatable bonds is 4. The van der Waals surface area contributed by atoms with Crippen molar-refractivity contribution in [2.24, 2.45) is 5.41 Å². The van der Waals surface area contributed by atoms with Gasteiger partial charge in [0.1, 0.15) is 0 Å². The predicted molar refractivity (Wildman–Crippen MR) is 83.0 cm³/mol. The van der Waals surface area contributed by atoms with Crippen LogP contribution in [0.4, 0.5) is 0 Å². The monoisotopic (exact) mass is 305 g/mol. The van der Waals surface area contributed by atoms with Crippen LogP contribution >= 0.6 is 12.4 Å². The van der Waals surface area contributed by atoms with Gasteiger partial charge in [-0.15, -0.1) is 12.4 Å². The van der Waals surface area contributed by atoms with Crippen molar-refractivity contribution in [2.75, 3.05) is 26.2 Å². The quantitative estimate of drug-likeness (QED) is 0.767. The van der Waals surface area contributed by atoms with Crippen molar-refractivity contribution < 1.29 is 9.59 Å². The van der Waals surface area contributed by atoms with Crippen LogP contribution in [0, 0.1) is 5.41 Å². The molecule has 0 bridgehead atoms. The zero-order valence-electron chi connectivity index (χ0n) is 13.0. The standard InChI is InChI=1S/C14H27N3O2.ClH/c1-11-10-15-8-9-17(11)12(18)6-5-7-16-13(19)14(2,3)4;/h11,15H,5-10H2,1-4H3,(H,16,19);1H. The van der Waals surface area contributed by atoms with Crippen LogP contribution in [0.5, 0.6) is 0 Å². The van der Waals surface area contributed by atoms with Gasteiger partial charge in [-0.3, -0.25) is 9.59 Å². The van der Waals surface area contributed by atoms with Gasteiger partial charge in [0.2, 0.25) is 11.8 Å². The highest BCUT2D eigenvalue weighted by atomic mass is 35.5. The maximum Gasteiger partial charge on any atom is 0.225 e. The summed E-state index contributed by atoms with van der Waals surface area (Å²) in [5, 5.41) is 6.14. The molecule has 1 saturated heterocycles. The van der Waals surface area contributed by atoms with Crippen molar-refractivity contribution >= 4 is 24.2 Å². The van der Waals surface area contributed by atoms with Crippen molar-refractivity contribution in [3.05, 3.63) is 0 Å². The molecule has 1 fully saturated rings. The molecule has 0 aromatic carbocycles. The first-order valence-corrected chi connectivity index (χ1v) is 7.11. The number of hydrogen-bond donors (Lipinski definition) is 2. The van der Waals surface area contributed by atoms with E-state index in [0.29, 0.717) is 19.4 Å². The zero-order valence-corrected chi connectivity index (χ0v) is 13.8. The molecule has 1 aliphatic rings. The number of piperazine rings is 1. The van der Waals surface area contributed by atoms with E-state index in [4.69, 9.17) is 0 Å². The lowest BCUT2D eigenvalue weighted by atomic mass is 9.96. The Morgan fingerprint density at radius 2 is 2.00 bits per heavy atom. The van der Waals surface area contributed by atoms with Crippen molar-refractivity contribution in [2.45, 2.75) is 46.6 Å². The first-order valence-electron chi connectivity index (χ1n) is 7.11. The zero-order chi connectivity index (χ0) is 14.5. The Labute approximate surface area is 128 Å². The van der Waals surface area contributed by atoms with Crippen molar-refractivity contribution in [1.29, 1.82) is 0 Å². The van der Waals surface area contributed by atoms with Gasteiger partial charge in [-0.05, 0) is 13.3 Å². The number of nitrogens with zero attached hydrogens (tertiary/aromatic N) is 1. The highest BCUT2D eigenvalue weighted by Crippen LogP contribution is 2.12. The Morgan fingerprint density at radius 3 is 2.55 bits per heavy atom. The van der Waals surface area contributed by atoms with Gasteiger partial charge in [0.05, 0.1) is 0 Å². The van der Waals surface area contributed by atoms with E-state index in [0.717, 1.165) is 19.6 Å². The molecule has 5 nitrogen and oxygen atoms in total. The summed E-state index contributed by atoms with van der Waals surface area (Å²) in [6, 6.07) is 0.269. The van der Waals surface area contributed by atoms with Gasteiger partial charge in [-0.2, -0.15) is 0 Å². The van der Waals surface area contributed by atoms with Crippen molar-refractivity contribution in [3.8, 4) is 0 Å². The minimum atomic E-state index is -0.364. The molecule has 0 spiro atoms. The number of halogens is 1. The molecule has 1 unspecified atom stereocenters. The molecule has 2 N–H and O–H groups in total. The third-order valence-corrected chi connectivity index (χ3v) is 3.36. The van der Waals surface area contributed by atoms with Crippen LogP contribution in [-0.2, 0) is 9.59 Å². The van der Waals surface area contributed by atoms with Crippen molar-refractivity contribution in [3.63, 3.8) is 0 Å². The van der Waals surface area contributed by atoms with Crippen LogP contribution in [0.15, 0.2) is 0 Å². The Kier molecular flexibility index (Phi) is 8.13. The molecule has 1 aliphatic heterocycles. The van der Waals surface area contributed by atoms with Crippen LogP contribution in [0.25, 0.3) is 0 Å². The molecule has 0 aromatic heterocycles. The summed E-state index contributed by atoms with van der Waals surface area (Å²) in [6.07, 6.45) is 1.21. The van der Waals surface area contributed by atoms with E-state index in [1.165, 1.54) is 0 Å². The first kappa shape index (κ1) is 19.2. The van der Waals surface area contributed by atoms with Crippen LogP contribution in [0.1, 0.15) is 40.5 Å². The molecule has 20 heavy (non-hydrogen) atoms. The number of carbonyl (C=O) groups is 2. The second kappa shape index (κ2) is 8.47. The normalized spacial score (nSPS) is 19.2. The lowest BCUT2D eigenvalue weighted by Crippen LogP contribution is -2.52. The Hall–Kier alpha value is -0.810. The Morgan fingerprint density at radius 1 is 1.35 bits per heavy atom. The van der Waals surface area contributed by atoms with Gasteiger partial charge in [0.25, 0.3) is 0 Å². The van der Waals surface area contributed by atoms with Crippen LogP contribution < -0.4 is 10.6 Å². The summed E-state index contributed by atoms with van der Waals surface area (Å²) in [6.45, 7) is 10.8. The van der Waals surface area contributed by atoms with Gasteiger partial charge < -0.3 is 15.5 Å². The summed E-state index contributed by atoms with van der Waals surface area (Å²) in [5.74, 6) is 0.231. The smallest absolute Gasteiger partial charge is 0.225 e. The van der Waals surface area contributed by atoms with Crippen LogP contribution in [0.2, 0.25) is 0 Å². The van der Waals surface area contributed by atoms with Crippen LogP contribution in [0.3, 0.4) is 0 Å². The molecule has 0 aliphatic carbocycles. The van der Waals surface area contributed by atoms with E-state index < -0.39 is 0 Å². The minimum Gasteiger partial charge on any atom is -0.356 e. The molecule has 6 heteroatoms. The summed E-state index contributed by atoms with van der Waals surface area (Å²) in [7, 11) is 0. The largest absolute Gasteiger partial charge is 0.356 e. The SMILES string of the molecule is CC1CNCCN1C(=O)CCCNC(=O)C(C)(C)C.Cl. The molecule has 0 radical (unpaired) electrons. The fourth-order valence-electron chi connectivity index (χ4n) is 2.06. The maximum atomic E-state index is 12.0. The second-order valence-corrected chi connectivity index (χ2v) is 6.25. The van der Waals surface area contributed by atoms with Gasteiger partial charge >= 0.3 is 0 Å². The lowest BCUT2D eigenvalue weighted by molar-refractivity contribution is -0.134. The van der Waals surface area contributed by atoms with Gasteiger partial charge in [-0.25, -0.2) is 0 Å². The van der Waals surface area contributed by atoms with Crippen molar-refractivity contribution in [1.82, 2.24) is 15.5 Å². The highest BCUT2D eigenvalue weighted by Gasteiger charge is 2.23. The fraction of sp³-hybridized carbons (Fsp3) is 0.857. The number of amides is 2. The minimum absolute atomic E-state index is 0. The average Bonchev–Trinajstić information content (AvgIpc) is 2.33. The molecule has 0 aromatic rings. The molecule has 118 valence electrons. The molecular formula is C14H28ClN3O2. The number of carbonyl (C=O) groups excluding carboxylic acids is 2. The van der Waals surface area contributed by atoms with E-state index in [1.54, 1.807) is 0 Å². The van der Waals surface area contributed by atoms with Gasteiger partial charge in [-0.1, -0.05) is 20.8 Å². The van der Waals surface area contributed by atoms with E-state index >= 15 is 0 Å². The highest BCUT2D eigenvalue weighted by molar-refractivity contribution is 5.85. The summed E-state index contributed by atoms with van der Waals surface area (Å²) in [5.41, 5.74) is -0.364. The number of hydrogen-bond acceptors (Lipinski definition) is 3. The molecule has 2 amide bonds. The summed E-state index contributed by atoms with van der Waals surface area (Å²) < 4.78 is 0. The molecular weight excluding hydrogens is 278 g/mol. The molecule has 1 rings (SSSR count). The summed E-state index contributed by atoms with van der Waals surface area (Å²) in [4.78, 5) is 25.6. The first-order chi connectivity index (χ1) is 8.82. The maximum absolute atomic E-state index is 12.0. The topological polar surface area (TPSA) is 61.4 Å². The Bertz CT molecular complexity index is 329. The lowest BCUT2D eigenvalue weighted by Gasteiger charge is -2.34. The van der Waals surface area contributed by atoms with Gasteiger partial charge in [0, 0.05) is 44.1 Å². The number of nitrogens with one attached hydrogen (secondary N) is 2. The molecule has 1 heterocycles. The van der Waals surface area contributed by atoms with E-state index in [1.807, 2.05) is 25.7 Å². The molecule has 0 saturated carbocycles. The summed E-state index contributed by atoms with van der Waals surface area (Å²) >= 11 is 0. The third-order valence-electron chi connectivity index (χ3n) is 3.36. The molecule has 1 atom stereocenters. The second-order valence-electron chi connectivity index (χ2n) is 6.25.